The number of rotatable bonds is 5. The Bertz CT molecular complexity index is 464. The van der Waals surface area contributed by atoms with E-state index in [0.29, 0.717) is 5.75 Å². The second-order valence-electron chi connectivity index (χ2n) is 6.26. The first kappa shape index (κ1) is 16.2. The van der Waals surface area contributed by atoms with Crippen molar-refractivity contribution < 1.29 is 9.53 Å². The van der Waals surface area contributed by atoms with Crippen molar-refractivity contribution in [2.24, 2.45) is 5.92 Å². The van der Waals surface area contributed by atoms with Crippen molar-refractivity contribution in [2.75, 3.05) is 12.9 Å². The van der Waals surface area contributed by atoms with E-state index in [4.69, 9.17) is 4.74 Å². The van der Waals surface area contributed by atoms with Gasteiger partial charge in [0.1, 0.15) is 5.75 Å². The number of nitrogens with one attached hydrogen (secondary N) is 1. The summed E-state index contributed by atoms with van der Waals surface area (Å²) >= 11 is 1.57. The van der Waals surface area contributed by atoms with Gasteiger partial charge in [0.2, 0.25) is 5.91 Å². The molecule has 1 amide bonds. The van der Waals surface area contributed by atoms with Crippen molar-refractivity contribution in [1.29, 1.82) is 0 Å². The first-order chi connectivity index (χ1) is 10.0. The summed E-state index contributed by atoms with van der Waals surface area (Å²) in [6, 6.07) is 7.82. The van der Waals surface area contributed by atoms with Crippen LogP contribution in [0.15, 0.2) is 29.2 Å². The molecule has 3 nitrogen and oxygen atoms in total. The van der Waals surface area contributed by atoms with Crippen LogP contribution in [0.5, 0.6) is 5.75 Å². The molecule has 1 fully saturated rings. The SMILES string of the molecule is COc1ccc(SCC(=O)NC2(C)CCC(C)CC2)cc1. The second-order valence-corrected chi connectivity index (χ2v) is 7.30. The molecule has 1 aromatic rings. The zero-order valence-electron chi connectivity index (χ0n) is 13.1. The van der Waals surface area contributed by atoms with Gasteiger partial charge in [0.05, 0.1) is 12.9 Å². The highest BCUT2D eigenvalue weighted by atomic mass is 32.2. The Kier molecular flexibility index (Phi) is 5.57. The largest absolute Gasteiger partial charge is 0.497 e. The van der Waals surface area contributed by atoms with Gasteiger partial charge < -0.3 is 10.1 Å². The molecule has 4 heteroatoms. The van der Waals surface area contributed by atoms with E-state index < -0.39 is 0 Å². The van der Waals surface area contributed by atoms with E-state index in [9.17, 15) is 4.79 Å². The van der Waals surface area contributed by atoms with Crippen LogP contribution in [0.1, 0.15) is 39.5 Å². The van der Waals surface area contributed by atoms with Crippen LogP contribution < -0.4 is 10.1 Å². The molecule has 21 heavy (non-hydrogen) atoms. The average molecular weight is 307 g/mol. The molecule has 0 spiro atoms. The van der Waals surface area contributed by atoms with Crippen LogP contribution in [-0.4, -0.2) is 24.3 Å². The molecule has 1 aromatic carbocycles. The number of carbonyl (C=O) groups excluding carboxylic acids is 1. The number of ether oxygens (including phenoxy) is 1. The summed E-state index contributed by atoms with van der Waals surface area (Å²) < 4.78 is 5.13. The van der Waals surface area contributed by atoms with Gasteiger partial charge in [0, 0.05) is 10.4 Å². The molecule has 0 bridgehead atoms. The lowest BCUT2D eigenvalue weighted by atomic mass is 9.78. The fourth-order valence-corrected chi connectivity index (χ4v) is 3.42. The average Bonchev–Trinajstić information content (AvgIpc) is 2.49. The Labute approximate surface area is 131 Å². The van der Waals surface area contributed by atoms with Crippen LogP contribution in [0.2, 0.25) is 0 Å². The Morgan fingerprint density at radius 3 is 2.52 bits per heavy atom. The van der Waals surface area contributed by atoms with E-state index in [0.717, 1.165) is 29.4 Å². The number of hydrogen-bond donors (Lipinski definition) is 1. The van der Waals surface area contributed by atoms with E-state index in [1.807, 2.05) is 24.3 Å². The number of thioether (sulfide) groups is 1. The lowest BCUT2D eigenvalue weighted by molar-refractivity contribution is -0.120. The van der Waals surface area contributed by atoms with Gasteiger partial charge in [-0.2, -0.15) is 0 Å². The van der Waals surface area contributed by atoms with Crippen molar-refractivity contribution in [1.82, 2.24) is 5.32 Å². The Balaban J connectivity index is 1.78. The highest BCUT2D eigenvalue weighted by Crippen LogP contribution is 2.31. The minimum Gasteiger partial charge on any atom is -0.497 e. The number of benzene rings is 1. The van der Waals surface area contributed by atoms with Gasteiger partial charge in [-0.15, -0.1) is 11.8 Å². The van der Waals surface area contributed by atoms with E-state index in [2.05, 4.69) is 19.2 Å². The monoisotopic (exact) mass is 307 g/mol. The molecule has 2 rings (SSSR count). The molecule has 0 radical (unpaired) electrons. The topological polar surface area (TPSA) is 38.3 Å². The minimum atomic E-state index is -0.00986. The molecule has 0 saturated heterocycles. The standard InChI is InChI=1S/C17H25NO2S/c1-13-8-10-17(2,11-9-13)18-16(19)12-21-15-6-4-14(20-3)5-7-15/h4-7,13H,8-12H2,1-3H3,(H,18,19). The molecular formula is C17H25NO2S. The fourth-order valence-electron chi connectivity index (χ4n) is 2.72. The zero-order chi connectivity index (χ0) is 15.3. The Hall–Kier alpha value is -1.16. The van der Waals surface area contributed by atoms with Crippen LogP contribution in [0.4, 0.5) is 0 Å². The summed E-state index contributed by atoms with van der Waals surface area (Å²) in [4.78, 5) is 13.2. The van der Waals surface area contributed by atoms with Crippen molar-refractivity contribution in [3.63, 3.8) is 0 Å². The molecule has 1 N–H and O–H groups in total. The lowest BCUT2D eigenvalue weighted by Gasteiger charge is -2.37. The van der Waals surface area contributed by atoms with Gasteiger partial charge >= 0.3 is 0 Å². The molecule has 0 unspecified atom stereocenters. The first-order valence-electron chi connectivity index (χ1n) is 7.59. The molecule has 1 aliphatic carbocycles. The lowest BCUT2D eigenvalue weighted by Crippen LogP contribution is -2.48. The van der Waals surface area contributed by atoms with Crippen LogP contribution in [0.3, 0.4) is 0 Å². The normalized spacial score (nSPS) is 25.4. The predicted octanol–water partition coefficient (Wildman–Crippen LogP) is 3.87. The van der Waals surface area contributed by atoms with Gasteiger partial charge in [-0.05, 0) is 62.8 Å². The summed E-state index contributed by atoms with van der Waals surface area (Å²) in [5, 5.41) is 3.22. The van der Waals surface area contributed by atoms with Gasteiger partial charge in [0.25, 0.3) is 0 Å². The maximum atomic E-state index is 12.1. The van der Waals surface area contributed by atoms with Crippen molar-refractivity contribution in [3.05, 3.63) is 24.3 Å². The number of amides is 1. The second kappa shape index (κ2) is 7.21. The molecule has 116 valence electrons. The quantitative estimate of drug-likeness (QED) is 0.839. The third kappa shape index (κ3) is 4.95. The Morgan fingerprint density at radius 2 is 1.95 bits per heavy atom. The summed E-state index contributed by atoms with van der Waals surface area (Å²) in [6.07, 6.45) is 4.60. The van der Waals surface area contributed by atoms with Crippen molar-refractivity contribution in [2.45, 2.75) is 50.0 Å². The highest BCUT2D eigenvalue weighted by molar-refractivity contribution is 8.00. The molecule has 0 aromatic heterocycles. The molecule has 1 aliphatic rings. The Morgan fingerprint density at radius 1 is 1.33 bits per heavy atom. The summed E-state index contributed by atoms with van der Waals surface area (Å²) in [7, 11) is 1.65. The summed E-state index contributed by atoms with van der Waals surface area (Å²) in [5.41, 5.74) is -0.00986. The first-order valence-corrected chi connectivity index (χ1v) is 8.57. The van der Waals surface area contributed by atoms with Gasteiger partial charge in [-0.3, -0.25) is 4.79 Å². The van der Waals surface area contributed by atoms with Gasteiger partial charge in [-0.1, -0.05) is 6.92 Å². The predicted molar refractivity (Wildman–Crippen MR) is 87.9 cm³/mol. The van der Waals surface area contributed by atoms with Crippen LogP contribution in [-0.2, 0) is 4.79 Å². The van der Waals surface area contributed by atoms with Crippen molar-refractivity contribution >= 4 is 17.7 Å². The van der Waals surface area contributed by atoms with E-state index in [1.165, 1.54) is 12.8 Å². The number of methoxy groups -OCH3 is 1. The number of carbonyl (C=O) groups is 1. The number of hydrogen-bond acceptors (Lipinski definition) is 3. The minimum absolute atomic E-state index is 0.00986. The fraction of sp³-hybridized carbons (Fsp3) is 0.588. The van der Waals surface area contributed by atoms with Gasteiger partial charge in [-0.25, -0.2) is 0 Å². The van der Waals surface area contributed by atoms with E-state index in [1.54, 1.807) is 18.9 Å². The van der Waals surface area contributed by atoms with Crippen LogP contribution in [0.25, 0.3) is 0 Å². The highest BCUT2D eigenvalue weighted by Gasteiger charge is 2.30. The smallest absolute Gasteiger partial charge is 0.230 e. The molecule has 0 atom stereocenters. The molecule has 1 saturated carbocycles. The third-order valence-corrected chi connectivity index (χ3v) is 5.26. The molecular weight excluding hydrogens is 282 g/mol. The van der Waals surface area contributed by atoms with Crippen molar-refractivity contribution in [3.8, 4) is 5.75 Å². The van der Waals surface area contributed by atoms with Gasteiger partial charge in [0.15, 0.2) is 0 Å². The zero-order valence-corrected chi connectivity index (χ0v) is 14.0. The molecule has 0 heterocycles. The van der Waals surface area contributed by atoms with Crippen LogP contribution >= 0.6 is 11.8 Å². The third-order valence-electron chi connectivity index (χ3n) is 4.25. The molecule has 0 aliphatic heterocycles. The maximum absolute atomic E-state index is 12.1. The summed E-state index contributed by atoms with van der Waals surface area (Å²) in [5.74, 6) is 2.24. The van der Waals surface area contributed by atoms with E-state index >= 15 is 0 Å². The van der Waals surface area contributed by atoms with Crippen LogP contribution in [0, 0.1) is 5.92 Å². The maximum Gasteiger partial charge on any atom is 0.230 e. The van der Waals surface area contributed by atoms with E-state index in [-0.39, 0.29) is 11.4 Å². The summed E-state index contributed by atoms with van der Waals surface area (Å²) in [6.45, 7) is 4.47.